The van der Waals surface area contributed by atoms with Crippen molar-refractivity contribution in [3.8, 4) is 0 Å². The Morgan fingerprint density at radius 3 is 2.74 bits per heavy atom. The van der Waals surface area contributed by atoms with E-state index in [1.54, 1.807) is 19.1 Å². The number of nitrogens with one attached hydrogen (secondary N) is 1. The Labute approximate surface area is 142 Å². The maximum atomic E-state index is 13.0. The molecule has 0 spiro atoms. The van der Waals surface area contributed by atoms with Gasteiger partial charge in [0, 0.05) is 11.8 Å². The van der Waals surface area contributed by atoms with Crippen LogP contribution in [0.15, 0.2) is 23.1 Å². The molecule has 0 radical (unpaired) electrons. The lowest BCUT2D eigenvalue weighted by atomic mass is 10.2. The normalized spacial score (nSPS) is 20.4. The molecule has 7 heteroatoms. The van der Waals surface area contributed by atoms with Crippen LogP contribution in [0.1, 0.15) is 31.4 Å². The van der Waals surface area contributed by atoms with Crippen molar-refractivity contribution in [1.82, 2.24) is 9.62 Å². The molecule has 23 heavy (non-hydrogen) atoms. The third-order valence-corrected chi connectivity index (χ3v) is 7.25. The average Bonchev–Trinajstić information content (AvgIpc) is 2.96. The molecule has 0 aromatic heterocycles. The number of rotatable bonds is 5. The van der Waals surface area contributed by atoms with E-state index in [2.05, 4.69) is 5.32 Å². The first-order valence-corrected chi connectivity index (χ1v) is 10.3. The molecule has 1 aromatic rings. The number of thioether (sulfide) groups is 1. The Kier molecular flexibility index (Phi) is 5.75. The van der Waals surface area contributed by atoms with E-state index in [1.165, 1.54) is 16.1 Å². The molecule has 1 saturated heterocycles. The molecule has 2 atom stereocenters. The van der Waals surface area contributed by atoms with E-state index in [1.807, 2.05) is 26.8 Å². The van der Waals surface area contributed by atoms with Gasteiger partial charge in [0.05, 0.1) is 10.8 Å². The second-order valence-electron chi connectivity index (χ2n) is 5.99. The molecule has 128 valence electrons. The molecule has 0 aliphatic carbocycles. The van der Waals surface area contributed by atoms with Crippen LogP contribution >= 0.6 is 11.8 Å². The summed E-state index contributed by atoms with van der Waals surface area (Å²) in [6.45, 7) is 7.62. The van der Waals surface area contributed by atoms with E-state index in [0.29, 0.717) is 17.2 Å². The number of benzene rings is 1. The standard InChI is InChI=1S/C16H24N2O3S2/c1-5-13(4)17-16(19)14-9-22-10-18(14)23(20,21)15-7-6-11(2)8-12(15)3/h6-8,13-14H,5,9-10H2,1-4H3,(H,17,19)/t13-,14+/m1/s1. The van der Waals surface area contributed by atoms with Crippen molar-refractivity contribution >= 4 is 27.7 Å². The predicted molar refractivity (Wildman–Crippen MR) is 93.9 cm³/mol. The maximum Gasteiger partial charge on any atom is 0.244 e. The minimum Gasteiger partial charge on any atom is -0.352 e. The summed E-state index contributed by atoms with van der Waals surface area (Å²) < 4.78 is 27.3. The first-order chi connectivity index (χ1) is 10.8. The van der Waals surface area contributed by atoms with Crippen molar-refractivity contribution in [2.45, 2.75) is 51.1 Å². The van der Waals surface area contributed by atoms with Gasteiger partial charge < -0.3 is 5.32 Å². The number of nitrogens with zero attached hydrogens (tertiary/aromatic N) is 1. The van der Waals surface area contributed by atoms with E-state index in [9.17, 15) is 13.2 Å². The summed E-state index contributed by atoms with van der Waals surface area (Å²) in [5.74, 6) is 0.596. The Bertz CT molecular complexity index is 689. The van der Waals surface area contributed by atoms with Gasteiger partial charge in [0.15, 0.2) is 0 Å². The van der Waals surface area contributed by atoms with Crippen molar-refractivity contribution in [2.24, 2.45) is 0 Å². The number of sulfonamides is 1. The topological polar surface area (TPSA) is 66.5 Å². The van der Waals surface area contributed by atoms with Crippen molar-refractivity contribution in [3.63, 3.8) is 0 Å². The lowest BCUT2D eigenvalue weighted by Crippen LogP contribution is -2.49. The third kappa shape index (κ3) is 3.89. The second-order valence-corrected chi connectivity index (χ2v) is 8.85. The van der Waals surface area contributed by atoms with E-state index in [-0.39, 0.29) is 16.8 Å². The van der Waals surface area contributed by atoms with Gasteiger partial charge in [-0.1, -0.05) is 24.6 Å². The fourth-order valence-corrected chi connectivity index (χ4v) is 5.88. The molecular formula is C16H24N2O3S2. The summed E-state index contributed by atoms with van der Waals surface area (Å²) in [5.41, 5.74) is 1.73. The van der Waals surface area contributed by atoms with Gasteiger partial charge in [-0.15, -0.1) is 11.8 Å². The van der Waals surface area contributed by atoms with Crippen LogP contribution in [0.5, 0.6) is 0 Å². The van der Waals surface area contributed by atoms with Gasteiger partial charge in [-0.3, -0.25) is 4.79 Å². The van der Waals surface area contributed by atoms with Crippen LogP contribution < -0.4 is 5.32 Å². The van der Waals surface area contributed by atoms with E-state index in [4.69, 9.17) is 0 Å². The molecule has 1 aliphatic rings. The fraction of sp³-hybridized carbons (Fsp3) is 0.562. The van der Waals surface area contributed by atoms with Crippen molar-refractivity contribution in [1.29, 1.82) is 0 Å². The molecule has 1 aliphatic heterocycles. The van der Waals surface area contributed by atoms with Crippen LogP contribution in [0.4, 0.5) is 0 Å². The van der Waals surface area contributed by atoms with Gasteiger partial charge in [0.1, 0.15) is 6.04 Å². The van der Waals surface area contributed by atoms with Crippen LogP contribution in [-0.2, 0) is 14.8 Å². The summed E-state index contributed by atoms with van der Waals surface area (Å²) in [4.78, 5) is 12.7. The number of carbonyl (C=O) groups excluding carboxylic acids is 1. The number of hydrogen-bond donors (Lipinski definition) is 1. The summed E-state index contributed by atoms with van der Waals surface area (Å²) in [7, 11) is -3.67. The highest BCUT2D eigenvalue weighted by Crippen LogP contribution is 2.30. The minimum absolute atomic E-state index is 0.0405. The lowest BCUT2D eigenvalue weighted by Gasteiger charge is -2.24. The van der Waals surface area contributed by atoms with E-state index < -0.39 is 16.1 Å². The molecule has 0 saturated carbocycles. The zero-order valence-electron chi connectivity index (χ0n) is 14.0. The zero-order chi connectivity index (χ0) is 17.2. The van der Waals surface area contributed by atoms with Crippen molar-refractivity contribution < 1.29 is 13.2 Å². The highest BCUT2D eigenvalue weighted by atomic mass is 32.2. The zero-order valence-corrected chi connectivity index (χ0v) is 15.6. The van der Waals surface area contributed by atoms with E-state index in [0.717, 1.165) is 12.0 Å². The average molecular weight is 357 g/mol. The maximum absolute atomic E-state index is 13.0. The summed E-state index contributed by atoms with van der Waals surface area (Å²) >= 11 is 1.47. The molecule has 5 nitrogen and oxygen atoms in total. The van der Waals surface area contributed by atoms with Gasteiger partial charge in [0.25, 0.3) is 0 Å². The molecule has 2 rings (SSSR count). The van der Waals surface area contributed by atoms with Crippen LogP contribution in [0.3, 0.4) is 0 Å². The monoisotopic (exact) mass is 356 g/mol. The Balaban J connectivity index is 2.29. The molecule has 1 amide bonds. The predicted octanol–water partition coefficient (Wildman–Crippen LogP) is 2.28. The molecule has 0 bridgehead atoms. The third-order valence-electron chi connectivity index (χ3n) is 4.06. The number of carbonyl (C=O) groups is 1. The Hall–Kier alpha value is -1.05. The summed E-state index contributed by atoms with van der Waals surface area (Å²) in [5, 5.41) is 2.89. The van der Waals surface area contributed by atoms with Crippen LogP contribution in [0.2, 0.25) is 0 Å². The highest BCUT2D eigenvalue weighted by Gasteiger charge is 2.40. The molecule has 0 unspecified atom stereocenters. The lowest BCUT2D eigenvalue weighted by molar-refractivity contribution is -0.124. The summed E-state index contributed by atoms with van der Waals surface area (Å²) in [6, 6.07) is 4.67. The molecule has 1 aromatic carbocycles. The van der Waals surface area contributed by atoms with Crippen LogP contribution in [0.25, 0.3) is 0 Å². The quantitative estimate of drug-likeness (QED) is 0.879. The van der Waals surface area contributed by atoms with Crippen molar-refractivity contribution in [2.75, 3.05) is 11.6 Å². The van der Waals surface area contributed by atoms with Gasteiger partial charge in [-0.2, -0.15) is 4.31 Å². The van der Waals surface area contributed by atoms with Gasteiger partial charge in [-0.05, 0) is 38.8 Å². The smallest absolute Gasteiger partial charge is 0.244 e. The summed E-state index contributed by atoms with van der Waals surface area (Å²) in [6.07, 6.45) is 0.815. The van der Waals surface area contributed by atoms with Crippen LogP contribution in [0, 0.1) is 13.8 Å². The second kappa shape index (κ2) is 7.23. The first kappa shape index (κ1) is 18.3. The largest absolute Gasteiger partial charge is 0.352 e. The SMILES string of the molecule is CC[C@@H](C)NC(=O)[C@@H]1CSCN1S(=O)(=O)c1ccc(C)cc1C. The van der Waals surface area contributed by atoms with Gasteiger partial charge >= 0.3 is 0 Å². The van der Waals surface area contributed by atoms with Crippen molar-refractivity contribution in [3.05, 3.63) is 29.3 Å². The first-order valence-electron chi connectivity index (χ1n) is 7.74. The minimum atomic E-state index is -3.67. The number of aryl methyl sites for hydroxylation is 2. The molecule has 1 heterocycles. The highest BCUT2D eigenvalue weighted by molar-refractivity contribution is 8.00. The number of amides is 1. The molecule has 1 fully saturated rings. The molecular weight excluding hydrogens is 332 g/mol. The Morgan fingerprint density at radius 2 is 2.13 bits per heavy atom. The number of hydrogen-bond acceptors (Lipinski definition) is 4. The van der Waals surface area contributed by atoms with Crippen LogP contribution in [-0.4, -0.2) is 42.3 Å². The Morgan fingerprint density at radius 1 is 1.43 bits per heavy atom. The van der Waals surface area contributed by atoms with E-state index >= 15 is 0 Å². The molecule has 1 N–H and O–H groups in total. The van der Waals surface area contributed by atoms with Gasteiger partial charge in [-0.25, -0.2) is 8.42 Å². The van der Waals surface area contributed by atoms with Gasteiger partial charge in [0.2, 0.25) is 15.9 Å². The fourth-order valence-electron chi connectivity index (χ4n) is 2.53.